The maximum Gasteiger partial charge on any atom is 0.290 e. The van der Waals surface area contributed by atoms with Crippen LogP contribution in [-0.4, -0.2) is 53.7 Å². The van der Waals surface area contributed by atoms with Crippen molar-refractivity contribution in [1.29, 1.82) is 0 Å². The Morgan fingerprint density at radius 2 is 2.06 bits per heavy atom. The molecule has 33 heavy (non-hydrogen) atoms. The number of carbonyl (C=O) groups excluding carboxylic acids is 1. The molecule has 7 nitrogen and oxygen atoms in total. The molecule has 1 fully saturated rings. The molecule has 0 saturated heterocycles. The average molecular weight is 467 g/mol. The Hall–Kier alpha value is -2.88. The number of amides is 1. The van der Waals surface area contributed by atoms with E-state index in [-0.39, 0.29) is 30.0 Å². The van der Waals surface area contributed by atoms with E-state index in [0.29, 0.717) is 16.7 Å². The number of carbonyl (C=O) groups is 1. The van der Waals surface area contributed by atoms with E-state index in [0.717, 1.165) is 11.1 Å². The minimum Gasteiger partial charge on any atom is -0.488 e. The second kappa shape index (κ2) is 9.54. The molecule has 1 heterocycles. The lowest BCUT2D eigenvalue weighted by Gasteiger charge is -2.41. The monoisotopic (exact) mass is 466 g/mol. The van der Waals surface area contributed by atoms with Gasteiger partial charge in [0, 0.05) is 11.4 Å². The van der Waals surface area contributed by atoms with Crippen LogP contribution in [0.4, 0.5) is 13.2 Å². The van der Waals surface area contributed by atoms with E-state index in [1.807, 2.05) is 20.8 Å². The highest BCUT2D eigenvalue weighted by Crippen LogP contribution is 2.35. The second-order valence-corrected chi connectivity index (χ2v) is 9.47. The summed E-state index contributed by atoms with van der Waals surface area (Å²) in [6, 6.07) is 4.81. The maximum atomic E-state index is 12.6. The third kappa shape index (κ3) is 5.93. The SMILES string of the molecule is Cc1cc(C(=O)N/N=C/N[C@H]2C[C@](O)(CF)C2)nc2c(C(C)(C)C)cc(OCC(F)F)cc12. The lowest BCUT2D eigenvalue weighted by molar-refractivity contribution is -0.0676. The number of aliphatic hydroxyl groups is 1. The van der Waals surface area contributed by atoms with Crippen molar-refractivity contribution in [3.05, 3.63) is 35.0 Å². The molecule has 1 aromatic heterocycles. The average Bonchev–Trinajstić information content (AvgIpc) is 2.72. The van der Waals surface area contributed by atoms with Crippen molar-refractivity contribution in [1.82, 2.24) is 15.7 Å². The Morgan fingerprint density at radius 3 is 2.67 bits per heavy atom. The van der Waals surface area contributed by atoms with Gasteiger partial charge < -0.3 is 15.2 Å². The number of aryl methyl sites for hydroxylation is 1. The van der Waals surface area contributed by atoms with Crippen molar-refractivity contribution in [2.24, 2.45) is 5.10 Å². The third-order valence-electron chi connectivity index (χ3n) is 5.55. The van der Waals surface area contributed by atoms with Crippen molar-refractivity contribution in [2.75, 3.05) is 13.3 Å². The van der Waals surface area contributed by atoms with Crippen molar-refractivity contribution < 1.29 is 27.8 Å². The van der Waals surface area contributed by atoms with Gasteiger partial charge in [-0.05, 0) is 54.5 Å². The third-order valence-corrected chi connectivity index (χ3v) is 5.55. The molecule has 1 aliphatic rings. The largest absolute Gasteiger partial charge is 0.488 e. The van der Waals surface area contributed by atoms with Crippen LogP contribution in [0.15, 0.2) is 23.3 Å². The molecule has 0 unspecified atom stereocenters. The molecule has 1 amide bonds. The van der Waals surface area contributed by atoms with Crippen molar-refractivity contribution in [3.8, 4) is 5.75 Å². The summed E-state index contributed by atoms with van der Waals surface area (Å²) in [5, 5.41) is 17.1. The van der Waals surface area contributed by atoms with Gasteiger partial charge in [0.1, 0.15) is 31.1 Å². The predicted octanol–water partition coefficient (Wildman–Crippen LogP) is 3.61. The first-order valence-corrected chi connectivity index (χ1v) is 10.6. The number of hydrazone groups is 1. The van der Waals surface area contributed by atoms with Gasteiger partial charge in [-0.25, -0.2) is 23.6 Å². The van der Waals surface area contributed by atoms with Crippen molar-refractivity contribution in [2.45, 2.75) is 64.0 Å². The number of benzene rings is 1. The maximum absolute atomic E-state index is 12.6. The number of hydrogen-bond acceptors (Lipinski definition) is 5. The van der Waals surface area contributed by atoms with Gasteiger partial charge in [0.05, 0.1) is 11.1 Å². The Bertz CT molecular complexity index is 1050. The summed E-state index contributed by atoms with van der Waals surface area (Å²) in [6.07, 6.45) is -0.749. The summed E-state index contributed by atoms with van der Waals surface area (Å²) in [6.45, 7) is 6.19. The number of aromatic nitrogens is 1. The number of rotatable bonds is 8. The molecule has 10 heteroatoms. The first-order chi connectivity index (χ1) is 15.4. The van der Waals surface area contributed by atoms with Crippen LogP contribution in [0.3, 0.4) is 0 Å². The quantitative estimate of drug-likeness (QED) is 0.314. The summed E-state index contributed by atoms with van der Waals surface area (Å²) in [7, 11) is 0. The molecule has 0 radical (unpaired) electrons. The predicted molar refractivity (Wildman–Crippen MR) is 120 cm³/mol. The fraction of sp³-hybridized carbons (Fsp3) is 0.522. The van der Waals surface area contributed by atoms with Crippen molar-refractivity contribution in [3.63, 3.8) is 0 Å². The fourth-order valence-corrected chi connectivity index (χ4v) is 3.77. The first kappa shape index (κ1) is 24.8. The molecule has 3 N–H and O–H groups in total. The van der Waals surface area contributed by atoms with E-state index in [4.69, 9.17) is 4.74 Å². The van der Waals surface area contributed by atoms with Gasteiger partial charge in [0.2, 0.25) is 0 Å². The number of alkyl halides is 3. The summed E-state index contributed by atoms with van der Waals surface area (Å²) in [5.41, 5.74) is 2.97. The number of fused-ring (bicyclic) bond motifs is 1. The van der Waals surface area contributed by atoms with E-state index >= 15 is 0 Å². The highest BCUT2D eigenvalue weighted by atomic mass is 19.3. The van der Waals surface area contributed by atoms with Gasteiger partial charge in [-0.3, -0.25) is 4.79 Å². The molecule has 180 valence electrons. The van der Waals surface area contributed by atoms with E-state index in [1.165, 1.54) is 6.34 Å². The molecule has 1 aliphatic carbocycles. The highest BCUT2D eigenvalue weighted by molar-refractivity contribution is 5.97. The Labute approximate surface area is 190 Å². The number of pyridine rings is 1. The number of ether oxygens (including phenoxy) is 1. The summed E-state index contributed by atoms with van der Waals surface area (Å²) < 4.78 is 43.1. The molecule has 0 spiro atoms. The molecule has 0 aliphatic heterocycles. The van der Waals surface area contributed by atoms with Gasteiger partial charge in [-0.2, -0.15) is 5.10 Å². The molecule has 1 aromatic carbocycles. The molecule has 0 bridgehead atoms. The van der Waals surface area contributed by atoms with Crippen LogP contribution in [0.1, 0.15) is 55.2 Å². The summed E-state index contributed by atoms with van der Waals surface area (Å²) in [5.74, 6) is -0.203. The Balaban J connectivity index is 1.79. The van der Waals surface area contributed by atoms with Gasteiger partial charge >= 0.3 is 0 Å². The lowest BCUT2D eigenvalue weighted by Crippen LogP contribution is -2.54. The van der Waals surface area contributed by atoms with Gasteiger partial charge in [0.15, 0.2) is 0 Å². The van der Waals surface area contributed by atoms with E-state index in [1.54, 1.807) is 25.1 Å². The summed E-state index contributed by atoms with van der Waals surface area (Å²) in [4.78, 5) is 17.1. The van der Waals surface area contributed by atoms with Gasteiger partial charge in [0.25, 0.3) is 12.3 Å². The van der Waals surface area contributed by atoms with E-state index < -0.39 is 31.2 Å². The Kier molecular flexibility index (Phi) is 7.16. The molecule has 2 aromatic rings. The number of hydrogen-bond donors (Lipinski definition) is 3. The summed E-state index contributed by atoms with van der Waals surface area (Å²) >= 11 is 0. The second-order valence-electron chi connectivity index (χ2n) is 9.47. The zero-order valence-corrected chi connectivity index (χ0v) is 19.1. The van der Waals surface area contributed by atoms with Crippen LogP contribution < -0.4 is 15.5 Å². The molecule has 0 atom stereocenters. The van der Waals surface area contributed by atoms with Crippen LogP contribution in [0.25, 0.3) is 10.9 Å². The van der Waals surface area contributed by atoms with Gasteiger partial charge in [-0.1, -0.05) is 20.8 Å². The van der Waals surface area contributed by atoms with Crippen LogP contribution in [0, 0.1) is 6.92 Å². The first-order valence-electron chi connectivity index (χ1n) is 10.6. The topological polar surface area (TPSA) is 95.8 Å². The van der Waals surface area contributed by atoms with Crippen molar-refractivity contribution >= 4 is 23.1 Å². The molecular formula is C23H29F3N4O3. The normalized spacial score (nSPS) is 20.8. The lowest BCUT2D eigenvalue weighted by atomic mass is 9.77. The fourth-order valence-electron chi connectivity index (χ4n) is 3.77. The molecule has 3 rings (SSSR count). The van der Waals surface area contributed by atoms with E-state index in [2.05, 4.69) is 20.8 Å². The minimum absolute atomic E-state index is 0.108. The number of nitrogens with zero attached hydrogens (tertiary/aromatic N) is 2. The molecular weight excluding hydrogens is 437 g/mol. The van der Waals surface area contributed by atoms with Crippen LogP contribution >= 0.6 is 0 Å². The smallest absolute Gasteiger partial charge is 0.290 e. The standard InChI is InChI=1S/C23H29F3N4O3/c1-13-5-18(21(31)30-28-12-27-14-8-23(32,9-14)11-24)29-20-16(13)6-15(33-10-19(25)26)7-17(20)22(2,3)4/h5-7,12,14,19,32H,8-11H2,1-4H3,(H,27,28)(H,30,31)/t14-,23+. The molecule has 1 saturated carbocycles. The zero-order chi connectivity index (χ0) is 24.4. The van der Waals surface area contributed by atoms with Crippen LogP contribution in [0.2, 0.25) is 0 Å². The van der Waals surface area contributed by atoms with E-state index in [9.17, 15) is 23.1 Å². The Morgan fingerprint density at radius 1 is 1.36 bits per heavy atom. The van der Waals surface area contributed by atoms with Gasteiger partial charge in [-0.15, -0.1) is 0 Å². The van der Waals surface area contributed by atoms with Crippen LogP contribution in [-0.2, 0) is 5.41 Å². The number of halogens is 3. The minimum atomic E-state index is -2.58. The van der Waals surface area contributed by atoms with Crippen LogP contribution in [0.5, 0.6) is 5.75 Å². The number of nitrogens with one attached hydrogen (secondary N) is 2. The zero-order valence-electron chi connectivity index (χ0n) is 19.1. The highest BCUT2D eigenvalue weighted by Gasteiger charge is 2.42.